The molecule has 0 unspecified atom stereocenters. The highest BCUT2D eigenvalue weighted by atomic mass is 32.2. The van der Waals surface area contributed by atoms with E-state index in [-0.39, 0.29) is 0 Å². The van der Waals surface area contributed by atoms with Crippen molar-refractivity contribution in [3.05, 3.63) is 27.0 Å². The van der Waals surface area contributed by atoms with Crippen LogP contribution in [0, 0.1) is 6.33 Å². The Kier molecular flexibility index (Phi) is 2.97. The van der Waals surface area contributed by atoms with Gasteiger partial charge in [0.25, 0.3) is 0 Å². The summed E-state index contributed by atoms with van der Waals surface area (Å²) in [4.78, 5) is 22.2. The first kappa shape index (κ1) is 9.85. The van der Waals surface area contributed by atoms with Gasteiger partial charge in [-0.2, -0.15) is 5.10 Å². The van der Waals surface area contributed by atoms with Gasteiger partial charge in [0, 0.05) is 18.1 Å². The van der Waals surface area contributed by atoms with Crippen molar-refractivity contribution in [2.75, 3.05) is 11.5 Å². The Morgan fingerprint density at radius 3 is 2.93 bits per heavy atom. The van der Waals surface area contributed by atoms with Crippen molar-refractivity contribution in [3.63, 3.8) is 0 Å². The molecule has 0 atom stereocenters. The fourth-order valence-corrected chi connectivity index (χ4v) is 3.90. The van der Waals surface area contributed by atoms with Gasteiger partial charge < -0.3 is 0 Å². The SMILES string of the molecule is O=c1[nH]n[c]n(CC2SCCS2)c1=O. The highest BCUT2D eigenvalue weighted by Gasteiger charge is 2.17. The quantitative estimate of drug-likeness (QED) is 0.696. The maximum absolute atomic E-state index is 11.3. The Morgan fingerprint density at radius 1 is 1.50 bits per heavy atom. The van der Waals surface area contributed by atoms with Gasteiger partial charge in [-0.05, 0) is 0 Å². The third-order valence-electron chi connectivity index (χ3n) is 1.79. The minimum Gasteiger partial charge on any atom is -0.282 e. The van der Waals surface area contributed by atoms with E-state index in [9.17, 15) is 9.59 Å². The smallest absolute Gasteiger partial charge is 0.282 e. The van der Waals surface area contributed by atoms with Gasteiger partial charge in [-0.1, -0.05) is 0 Å². The molecule has 1 aliphatic heterocycles. The largest absolute Gasteiger partial charge is 0.330 e. The number of hydrogen-bond donors (Lipinski definition) is 1. The first-order valence-electron chi connectivity index (χ1n) is 4.08. The van der Waals surface area contributed by atoms with Gasteiger partial charge in [0.15, 0.2) is 0 Å². The van der Waals surface area contributed by atoms with E-state index in [1.807, 2.05) is 0 Å². The van der Waals surface area contributed by atoms with E-state index in [1.54, 1.807) is 23.5 Å². The van der Waals surface area contributed by atoms with Gasteiger partial charge in [-0.25, -0.2) is 5.10 Å². The van der Waals surface area contributed by atoms with E-state index in [4.69, 9.17) is 0 Å². The van der Waals surface area contributed by atoms with Gasteiger partial charge in [-0.15, -0.1) is 23.5 Å². The van der Waals surface area contributed by atoms with Gasteiger partial charge >= 0.3 is 11.1 Å². The number of hydrogen-bond acceptors (Lipinski definition) is 5. The van der Waals surface area contributed by atoms with E-state index in [2.05, 4.69) is 16.5 Å². The fourth-order valence-electron chi connectivity index (χ4n) is 1.14. The molecule has 0 amide bonds. The summed E-state index contributed by atoms with van der Waals surface area (Å²) < 4.78 is 1.59. The Bertz CT molecular complexity index is 421. The molecule has 14 heavy (non-hydrogen) atoms. The highest BCUT2D eigenvalue weighted by Crippen LogP contribution is 2.32. The van der Waals surface area contributed by atoms with E-state index in [1.165, 1.54) is 4.57 Å². The molecule has 2 rings (SSSR count). The van der Waals surface area contributed by atoms with Crippen LogP contribution in [0.4, 0.5) is 0 Å². The number of nitrogens with one attached hydrogen (secondary N) is 1. The first-order valence-corrected chi connectivity index (χ1v) is 6.17. The molecular formula is C7H8N3O2S2. The zero-order valence-corrected chi connectivity index (χ0v) is 8.86. The van der Waals surface area contributed by atoms with Crippen molar-refractivity contribution in [1.82, 2.24) is 14.8 Å². The molecule has 0 spiro atoms. The van der Waals surface area contributed by atoms with E-state index >= 15 is 0 Å². The third-order valence-corrected chi connectivity index (χ3v) is 4.79. The first-order chi connectivity index (χ1) is 6.77. The monoisotopic (exact) mass is 230 g/mol. The summed E-state index contributed by atoms with van der Waals surface area (Å²) >= 11 is 3.59. The van der Waals surface area contributed by atoms with Crippen molar-refractivity contribution in [2.24, 2.45) is 0 Å². The molecule has 1 N–H and O–H groups in total. The minimum absolute atomic E-state index is 0.340. The summed E-state index contributed by atoms with van der Waals surface area (Å²) in [5.41, 5.74) is -1.26. The molecule has 0 aliphatic carbocycles. The molecule has 2 heterocycles. The van der Waals surface area contributed by atoms with Crippen LogP contribution in [-0.2, 0) is 6.54 Å². The van der Waals surface area contributed by atoms with Crippen LogP contribution in [0.25, 0.3) is 0 Å². The van der Waals surface area contributed by atoms with Crippen LogP contribution in [0.5, 0.6) is 0 Å². The molecule has 5 nitrogen and oxygen atoms in total. The van der Waals surface area contributed by atoms with E-state index in [0.717, 1.165) is 11.5 Å². The Morgan fingerprint density at radius 2 is 2.21 bits per heavy atom. The fraction of sp³-hybridized carbons (Fsp3) is 0.571. The zero-order chi connectivity index (χ0) is 9.97. The van der Waals surface area contributed by atoms with Crippen LogP contribution >= 0.6 is 23.5 Å². The van der Waals surface area contributed by atoms with Crippen molar-refractivity contribution in [1.29, 1.82) is 0 Å². The molecule has 0 bridgehead atoms. The Balaban J connectivity index is 2.20. The molecule has 1 radical (unpaired) electrons. The standard InChI is InChI=1S/C7H8N3O2S2/c11-6-7(12)10(4-8-9-6)3-5-13-1-2-14-5/h5H,1-3H2,(H,9,11). The van der Waals surface area contributed by atoms with E-state index in [0.29, 0.717) is 11.1 Å². The lowest BCUT2D eigenvalue weighted by atomic mass is 10.6. The average molecular weight is 230 g/mol. The summed E-state index contributed by atoms with van der Waals surface area (Å²) in [5, 5.41) is 5.53. The number of rotatable bonds is 2. The zero-order valence-electron chi connectivity index (χ0n) is 7.23. The maximum atomic E-state index is 11.3. The van der Waals surface area contributed by atoms with Crippen LogP contribution in [0.15, 0.2) is 9.59 Å². The van der Waals surface area contributed by atoms with Crippen LogP contribution in [0.1, 0.15) is 0 Å². The highest BCUT2D eigenvalue weighted by molar-refractivity contribution is 8.20. The number of nitrogens with zero attached hydrogens (tertiary/aromatic N) is 2. The van der Waals surface area contributed by atoms with E-state index < -0.39 is 11.1 Å². The van der Waals surface area contributed by atoms with Gasteiger partial charge in [-0.3, -0.25) is 14.2 Å². The second-order valence-corrected chi connectivity index (χ2v) is 5.66. The van der Waals surface area contributed by atoms with Gasteiger partial charge in [0.1, 0.15) is 0 Å². The van der Waals surface area contributed by atoms with Crippen LogP contribution < -0.4 is 11.1 Å². The van der Waals surface area contributed by atoms with Crippen LogP contribution in [0.3, 0.4) is 0 Å². The number of aromatic nitrogens is 3. The maximum Gasteiger partial charge on any atom is 0.330 e. The van der Waals surface area contributed by atoms with Gasteiger partial charge in [0.05, 0.1) is 4.58 Å². The molecule has 1 fully saturated rings. The topological polar surface area (TPSA) is 67.8 Å². The molecule has 1 aliphatic rings. The normalized spacial score (nSPS) is 17.4. The molecule has 1 aromatic rings. The summed E-state index contributed by atoms with van der Waals surface area (Å²) in [6, 6.07) is 0. The Labute approximate surface area is 88.3 Å². The van der Waals surface area contributed by atoms with Crippen LogP contribution in [0.2, 0.25) is 0 Å². The van der Waals surface area contributed by atoms with Crippen LogP contribution in [-0.4, -0.2) is 30.9 Å². The Hall–Kier alpha value is -0.690. The lowest BCUT2D eigenvalue weighted by Gasteiger charge is -2.07. The number of H-pyrrole nitrogens is 1. The second kappa shape index (κ2) is 4.22. The molecule has 0 aromatic carbocycles. The molecule has 1 aromatic heterocycles. The van der Waals surface area contributed by atoms with Crippen molar-refractivity contribution in [2.45, 2.75) is 11.1 Å². The minimum atomic E-state index is -0.684. The summed E-state index contributed by atoms with van der Waals surface area (Å²) in [7, 11) is 0. The summed E-state index contributed by atoms with van der Waals surface area (Å²) in [6.45, 7) is 0.505. The molecule has 1 saturated heterocycles. The summed E-state index contributed by atoms with van der Waals surface area (Å²) in [5.74, 6) is 2.20. The van der Waals surface area contributed by atoms with Gasteiger partial charge in [0.2, 0.25) is 6.33 Å². The van der Waals surface area contributed by atoms with Crippen molar-refractivity contribution >= 4 is 23.5 Å². The average Bonchev–Trinajstić information content (AvgIpc) is 2.66. The predicted molar refractivity (Wildman–Crippen MR) is 56.7 cm³/mol. The third kappa shape index (κ3) is 2.03. The van der Waals surface area contributed by atoms with Crippen molar-refractivity contribution < 1.29 is 0 Å². The lowest BCUT2D eigenvalue weighted by molar-refractivity contribution is 0.656. The predicted octanol–water partition coefficient (Wildman–Crippen LogP) is -0.462. The van der Waals surface area contributed by atoms with Crippen molar-refractivity contribution in [3.8, 4) is 0 Å². The number of thioether (sulfide) groups is 2. The number of aromatic amines is 1. The molecule has 75 valence electrons. The summed E-state index contributed by atoms with van der Waals surface area (Å²) in [6.07, 6.45) is 2.48. The molecule has 0 saturated carbocycles. The molecule has 7 heteroatoms. The lowest BCUT2D eigenvalue weighted by Crippen LogP contribution is -2.38. The second-order valence-electron chi connectivity index (χ2n) is 2.74. The molecular weight excluding hydrogens is 222 g/mol.